The first-order chi connectivity index (χ1) is 5.31. The number of carbonyl (C=O) groups is 1. The van der Waals surface area contributed by atoms with Gasteiger partial charge >= 0.3 is 0 Å². The lowest BCUT2D eigenvalue weighted by Gasteiger charge is -1.94. The van der Waals surface area contributed by atoms with Crippen molar-refractivity contribution in [1.82, 2.24) is 9.78 Å². The van der Waals surface area contributed by atoms with E-state index in [9.17, 15) is 4.79 Å². The summed E-state index contributed by atoms with van der Waals surface area (Å²) >= 11 is 0. The van der Waals surface area contributed by atoms with Crippen molar-refractivity contribution in [3.05, 3.63) is 17.5 Å². The third-order valence-electron chi connectivity index (χ3n) is 1.64. The monoisotopic (exact) mass is 152 g/mol. The highest BCUT2D eigenvalue weighted by Gasteiger charge is 2.02. The van der Waals surface area contributed by atoms with Crippen LogP contribution in [0.1, 0.15) is 30.0 Å². The van der Waals surface area contributed by atoms with Crippen molar-refractivity contribution in [1.29, 1.82) is 0 Å². The first-order valence-electron chi connectivity index (χ1n) is 3.83. The zero-order valence-electron chi connectivity index (χ0n) is 6.87. The van der Waals surface area contributed by atoms with E-state index < -0.39 is 0 Å². The van der Waals surface area contributed by atoms with Gasteiger partial charge in [-0.2, -0.15) is 5.10 Å². The Morgan fingerprint density at radius 3 is 2.73 bits per heavy atom. The molecule has 0 N–H and O–H groups in total. The minimum absolute atomic E-state index is 0.671. The zero-order valence-corrected chi connectivity index (χ0v) is 6.87. The Balaban J connectivity index is 3.01. The van der Waals surface area contributed by atoms with Gasteiger partial charge in [-0.25, -0.2) is 0 Å². The van der Waals surface area contributed by atoms with E-state index in [4.69, 9.17) is 0 Å². The van der Waals surface area contributed by atoms with Crippen molar-refractivity contribution in [2.75, 3.05) is 0 Å². The molecule has 0 radical (unpaired) electrons. The molecule has 0 fully saturated rings. The topological polar surface area (TPSA) is 34.9 Å². The van der Waals surface area contributed by atoms with Gasteiger partial charge in [-0.3, -0.25) is 9.48 Å². The normalized spacial score (nSPS) is 10.0. The molecule has 0 spiro atoms. The Kier molecular flexibility index (Phi) is 2.41. The minimum atomic E-state index is 0.671. The van der Waals surface area contributed by atoms with Gasteiger partial charge in [0, 0.05) is 6.54 Å². The summed E-state index contributed by atoms with van der Waals surface area (Å²) in [5.74, 6) is 0. The molecule has 0 aliphatic carbocycles. The molecule has 1 heterocycles. The fraction of sp³-hybridized carbons (Fsp3) is 0.500. The highest BCUT2D eigenvalue weighted by Crippen LogP contribution is 2.02. The Labute approximate surface area is 66.0 Å². The van der Waals surface area contributed by atoms with Crippen molar-refractivity contribution < 1.29 is 4.79 Å². The number of hydrogen-bond acceptors (Lipinski definition) is 2. The van der Waals surface area contributed by atoms with Crippen LogP contribution in [0.2, 0.25) is 0 Å². The lowest BCUT2D eigenvalue weighted by molar-refractivity contribution is 0.111. The predicted molar refractivity (Wildman–Crippen MR) is 42.7 cm³/mol. The summed E-state index contributed by atoms with van der Waals surface area (Å²) < 4.78 is 1.71. The second-order valence-electron chi connectivity index (χ2n) is 2.35. The van der Waals surface area contributed by atoms with E-state index in [1.54, 1.807) is 4.68 Å². The van der Waals surface area contributed by atoms with Crippen LogP contribution in [0.5, 0.6) is 0 Å². The molecule has 3 heteroatoms. The first kappa shape index (κ1) is 7.98. The van der Waals surface area contributed by atoms with Crippen LogP contribution < -0.4 is 0 Å². The van der Waals surface area contributed by atoms with Gasteiger partial charge < -0.3 is 0 Å². The maximum absolute atomic E-state index is 10.5. The van der Waals surface area contributed by atoms with E-state index >= 15 is 0 Å². The molecule has 1 rings (SSSR count). The average Bonchev–Trinajstić information content (AvgIpc) is 2.46. The standard InChI is InChI=1S/C8H12N2O/c1-3-7-5-8(6-11)10(4-2)9-7/h5-6H,3-4H2,1-2H3. The summed E-state index contributed by atoms with van der Waals surface area (Å²) in [6.07, 6.45) is 1.73. The van der Waals surface area contributed by atoms with Gasteiger partial charge in [0.1, 0.15) is 5.69 Å². The van der Waals surface area contributed by atoms with Crippen molar-refractivity contribution in [3.8, 4) is 0 Å². The molecular formula is C8H12N2O. The van der Waals surface area contributed by atoms with Gasteiger partial charge in [0.25, 0.3) is 0 Å². The maximum Gasteiger partial charge on any atom is 0.168 e. The molecular weight excluding hydrogens is 140 g/mol. The molecule has 0 unspecified atom stereocenters. The molecule has 0 bridgehead atoms. The third kappa shape index (κ3) is 1.48. The SMILES string of the molecule is CCc1cc(C=O)n(CC)n1. The molecule has 60 valence electrons. The van der Waals surface area contributed by atoms with Crippen LogP contribution in [0.4, 0.5) is 0 Å². The molecule has 3 nitrogen and oxygen atoms in total. The lowest BCUT2D eigenvalue weighted by Crippen LogP contribution is -2.01. The fourth-order valence-electron chi connectivity index (χ4n) is 1.01. The molecule has 0 saturated heterocycles. The molecule has 0 saturated carbocycles. The summed E-state index contributed by atoms with van der Waals surface area (Å²) in [7, 11) is 0. The van der Waals surface area contributed by atoms with Gasteiger partial charge in [-0.05, 0) is 19.4 Å². The highest BCUT2D eigenvalue weighted by molar-refractivity contribution is 5.72. The van der Waals surface area contributed by atoms with Crippen LogP contribution >= 0.6 is 0 Å². The Bertz CT molecular complexity index is 253. The summed E-state index contributed by atoms with van der Waals surface area (Å²) in [6, 6.07) is 1.83. The van der Waals surface area contributed by atoms with Crippen LogP contribution in [-0.2, 0) is 13.0 Å². The Morgan fingerprint density at radius 1 is 1.64 bits per heavy atom. The summed E-state index contributed by atoms with van der Waals surface area (Å²) in [5.41, 5.74) is 1.65. The first-order valence-corrected chi connectivity index (χ1v) is 3.83. The molecule has 0 aliphatic heterocycles. The molecule has 0 aromatic carbocycles. The van der Waals surface area contributed by atoms with Gasteiger partial charge in [0.15, 0.2) is 6.29 Å². The summed E-state index contributed by atoms with van der Waals surface area (Å²) in [6.45, 7) is 4.75. The molecule has 1 aromatic rings. The van der Waals surface area contributed by atoms with Crippen molar-refractivity contribution in [2.24, 2.45) is 0 Å². The predicted octanol–water partition coefficient (Wildman–Crippen LogP) is 1.28. The lowest BCUT2D eigenvalue weighted by atomic mass is 10.3. The van der Waals surface area contributed by atoms with Crippen LogP contribution in [0.25, 0.3) is 0 Å². The van der Waals surface area contributed by atoms with Crippen LogP contribution in [-0.4, -0.2) is 16.1 Å². The van der Waals surface area contributed by atoms with E-state index in [0.29, 0.717) is 5.69 Å². The Morgan fingerprint density at radius 2 is 2.36 bits per heavy atom. The zero-order chi connectivity index (χ0) is 8.27. The second kappa shape index (κ2) is 3.32. The quantitative estimate of drug-likeness (QED) is 0.611. The molecule has 0 amide bonds. The van der Waals surface area contributed by atoms with Gasteiger partial charge in [0.05, 0.1) is 5.69 Å². The van der Waals surface area contributed by atoms with Crippen molar-refractivity contribution in [3.63, 3.8) is 0 Å². The van der Waals surface area contributed by atoms with E-state index in [-0.39, 0.29) is 0 Å². The summed E-state index contributed by atoms with van der Waals surface area (Å²) in [4.78, 5) is 10.5. The summed E-state index contributed by atoms with van der Waals surface area (Å²) in [5, 5.41) is 4.20. The van der Waals surface area contributed by atoms with Crippen LogP contribution in [0.3, 0.4) is 0 Å². The second-order valence-corrected chi connectivity index (χ2v) is 2.35. The minimum Gasteiger partial charge on any atom is -0.296 e. The van der Waals surface area contributed by atoms with E-state index in [1.807, 2.05) is 19.9 Å². The molecule has 0 atom stereocenters. The molecule has 0 aliphatic rings. The maximum atomic E-state index is 10.5. The van der Waals surface area contributed by atoms with Crippen LogP contribution in [0, 0.1) is 0 Å². The number of aldehydes is 1. The Hall–Kier alpha value is -1.12. The van der Waals surface area contributed by atoms with Gasteiger partial charge in [-0.1, -0.05) is 6.92 Å². The van der Waals surface area contributed by atoms with Gasteiger partial charge in [0.2, 0.25) is 0 Å². The number of nitrogens with zero attached hydrogens (tertiary/aromatic N) is 2. The third-order valence-corrected chi connectivity index (χ3v) is 1.64. The number of rotatable bonds is 3. The largest absolute Gasteiger partial charge is 0.296 e. The highest BCUT2D eigenvalue weighted by atomic mass is 16.1. The molecule has 1 aromatic heterocycles. The molecule has 11 heavy (non-hydrogen) atoms. The van der Waals surface area contributed by atoms with E-state index in [2.05, 4.69) is 5.10 Å². The number of hydrogen-bond donors (Lipinski definition) is 0. The van der Waals surface area contributed by atoms with Crippen molar-refractivity contribution >= 4 is 6.29 Å². The number of aryl methyl sites for hydroxylation is 2. The fourth-order valence-corrected chi connectivity index (χ4v) is 1.01. The van der Waals surface area contributed by atoms with E-state index in [0.717, 1.165) is 24.9 Å². The van der Waals surface area contributed by atoms with Gasteiger partial charge in [-0.15, -0.1) is 0 Å². The average molecular weight is 152 g/mol. The van der Waals surface area contributed by atoms with E-state index in [1.165, 1.54) is 0 Å². The smallest absolute Gasteiger partial charge is 0.168 e. The van der Waals surface area contributed by atoms with Crippen molar-refractivity contribution in [2.45, 2.75) is 26.8 Å². The number of aromatic nitrogens is 2. The number of carbonyl (C=O) groups excluding carboxylic acids is 1. The van der Waals surface area contributed by atoms with Crippen LogP contribution in [0.15, 0.2) is 6.07 Å².